The highest BCUT2D eigenvalue weighted by Gasteiger charge is 2.16. The van der Waals surface area contributed by atoms with E-state index in [0.29, 0.717) is 17.9 Å². The van der Waals surface area contributed by atoms with Gasteiger partial charge in [-0.25, -0.2) is 0 Å². The van der Waals surface area contributed by atoms with Crippen molar-refractivity contribution < 1.29 is 19.1 Å². The van der Waals surface area contributed by atoms with Crippen LogP contribution in [-0.2, 0) is 9.53 Å². The molecule has 1 atom stereocenters. The molecule has 0 bridgehead atoms. The van der Waals surface area contributed by atoms with Gasteiger partial charge in [-0.1, -0.05) is 18.2 Å². The molecule has 136 valence electrons. The van der Waals surface area contributed by atoms with Crippen molar-refractivity contribution in [2.24, 2.45) is 0 Å². The second-order valence-electron chi connectivity index (χ2n) is 6.06. The fraction of sp³-hybridized carbons (Fsp3) is 0.300. The zero-order valence-corrected chi connectivity index (χ0v) is 14.4. The molecular formula is C20H22N2O4. The molecule has 0 saturated carbocycles. The Bertz CT molecular complexity index is 725. The monoisotopic (exact) mass is 354 g/mol. The number of amides is 2. The van der Waals surface area contributed by atoms with Crippen LogP contribution in [0.4, 0.5) is 0 Å². The number of hydrogen-bond donors (Lipinski definition) is 2. The maximum absolute atomic E-state index is 12.1. The van der Waals surface area contributed by atoms with Gasteiger partial charge in [-0.3, -0.25) is 9.59 Å². The molecule has 2 N–H and O–H groups in total. The lowest BCUT2D eigenvalue weighted by Gasteiger charge is -2.11. The molecule has 1 saturated heterocycles. The molecule has 0 aliphatic carbocycles. The Hall–Kier alpha value is -2.86. The van der Waals surface area contributed by atoms with Crippen LogP contribution >= 0.6 is 0 Å². The van der Waals surface area contributed by atoms with E-state index >= 15 is 0 Å². The van der Waals surface area contributed by atoms with Crippen molar-refractivity contribution in [3.63, 3.8) is 0 Å². The predicted octanol–water partition coefficient (Wildman–Crippen LogP) is 2.50. The summed E-state index contributed by atoms with van der Waals surface area (Å²) in [6, 6.07) is 16.2. The van der Waals surface area contributed by atoms with E-state index in [9.17, 15) is 9.59 Å². The van der Waals surface area contributed by atoms with E-state index in [-0.39, 0.29) is 24.5 Å². The van der Waals surface area contributed by atoms with E-state index in [4.69, 9.17) is 9.47 Å². The molecule has 1 aliphatic rings. The van der Waals surface area contributed by atoms with Gasteiger partial charge >= 0.3 is 0 Å². The average molecular weight is 354 g/mol. The van der Waals surface area contributed by atoms with Gasteiger partial charge in [-0.2, -0.15) is 0 Å². The van der Waals surface area contributed by atoms with E-state index in [0.717, 1.165) is 25.2 Å². The summed E-state index contributed by atoms with van der Waals surface area (Å²) in [6.07, 6.45) is 2.08. The highest BCUT2D eigenvalue weighted by Crippen LogP contribution is 2.21. The summed E-state index contributed by atoms with van der Waals surface area (Å²) >= 11 is 0. The number of carbonyl (C=O) groups excluding carboxylic acids is 2. The van der Waals surface area contributed by atoms with Gasteiger partial charge in [-0.15, -0.1) is 0 Å². The third-order valence-electron chi connectivity index (χ3n) is 4.06. The number of para-hydroxylation sites is 1. The summed E-state index contributed by atoms with van der Waals surface area (Å²) in [5, 5.41) is 5.38. The number of carbonyl (C=O) groups is 2. The third kappa shape index (κ3) is 5.32. The second kappa shape index (κ2) is 9.01. The van der Waals surface area contributed by atoms with Gasteiger partial charge in [0.25, 0.3) is 5.91 Å². The number of rotatable bonds is 7. The lowest BCUT2D eigenvalue weighted by molar-refractivity contribution is -0.120. The van der Waals surface area contributed by atoms with Crippen LogP contribution in [0.5, 0.6) is 11.5 Å². The molecular weight excluding hydrogens is 332 g/mol. The molecule has 2 aromatic carbocycles. The molecule has 0 radical (unpaired) electrons. The number of hydrogen-bond acceptors (Lipinski definition) is 4. The maximum atomic E-state index is 12.1. The predicted molar refractivity (Wildman–Crippen MR) is 97.3 cm³/mol. The van der Waals surface area contributed by atoms with Crippen LogP contribution in [0.1, 0.15) is 23.2 Å². The SMILES string of the molecule is O=C(CNC(=O)c1ccc(Oc2ccccc2)cc1)NCC1CCCO1. The van der Waals surface area contributed by atoms with Crippen molar-refractivity contribution in [3.05, 3.63) is 60.2 Å². The van der Waals surface area contributed by atoms with Gasteiger partial charge in [0.1, 0.15) is 11.5 Å². The third-order valence-corrected chi connectivity index (χ3v) is 4.06. The van der Waals surface area contributed by atoms with Crippen molar-refractivity contribution in [2.45, 2.75) is 18.9 Å². The minimum absolute atomic E-state index is 0.0617. The van der Waals surface area contributed by atoms with Gasteiger partial charge in [0.2, 0.25) is 5.91 Å². The van der Waals surface area contributed by atoms with E-state index < -0.39 is 0 Å². The zero-order chi connectivity index (χ0) is 18.2. The first-order valence-corrected chi connectivity index (χ1v) is 8.70. The zero-order valence-electron chi connectivity index (χ0n) is 14.4. The Balaban J connectivity index is 1.43. The van der Waals surface area contributed by atoms with Crippen molar-refractivity contribution in [3.8, 4) is 11.5 Å². The molecule has 1 aliphatic heterocycles. The van der Waals surface area contributed by atoms with E-state index in [1.807, 2.05) is 30.3 Å². The van der Waals surface area contributed by atoms with Gasteiger partial charge in [0.15, 0.2) is 0 Å². The van der Waals surface area contributed by atoms with E-state index in [2.05, 4.69) is 10.6 Å². The molecule has 2 amide bonds. The van der Waals surface area contributed by atoms with Gasteiger partial charge < -0.3 is 20.1 Å². The first-order valence-electron chi connectivity index (χ1n) is 8.70. The molecule has 0 aromatic heterocycles. The number of benzene rings is 2. The quantitative estimate of drug-likeness (QED) is 0.801. The first-order chi connectivity index (χ1) is 12.7. The fourth-order valence-corrected chi connectivity index (χ4v) is 2.66. The highest BCUT2D eigenvalue weighted by atomic mass is 16.5. The van der Waals surface area contributed by atoms with Gasteiger partial charge in [0, 0.05) is 18.7 Å². The standard InChI is InChI=1S/C20H22N2O4/c23-19(21-13-18-7-4-12-25-18)14-22-20(24)15-8-10-17(11-9-15)26-16-5-2-1-3-6-16/h1-3,5-6,8-11,18H,4,7,12-14H2,(H,21,23)(H,22,24). The second-order valence-corrected chi connectivity index (χ2v) is 6.06. The molecule has 1 heterocycles. The van der Waals surface area contributed by atoms with Crippen LogP contribution in [-0.4, -0.2) is 37.6 Å². The normalized spacial score (nSPS) is 16.1. The first kappa shape index (κ1) is 17.9. The van der Waals surface area contributed by atoms with Crippen LogP contribution < -0.4 is 15.4 Å². The van der Waals surface area contributed by atoms with Crippen LogP contribution in [0.2, 0.25) is 0 Å². The summed E-state index contributed by atoms with van der Waals surface area (Å²) in [4.78, 5) is 23.9. The Morgan fingerprint density at radius 2 is 1.73 bits per heavy atom. The number of ether oxygens (including phenoxy) is 2. The minimum Gasteiger partial charge on any atom is -0.457 e. The number of nitrogens with one attached hydrogen (secondary N) is 2. The van der Waals surface area contributed by atoms with Crippen molar-refractivity contribution in [1.82, 2.24) is 10.6 Å². The molecule has 3 rings (SSSR count). The smallest absolute Gasteiger partial charge is 0.251 e. The van der Waals surface area contributed by atoms with Crippen molar-refractivity contribution >= 4 is 11.8 Å². The lowest BCUT2D eigenvalue weighted by atomic mass is 10.2. The summed E-state index contributed by atoms with van der Waals surface area (Å²) in [7, 11) is 0. The highest BCUT2D eigenvalue weighted by molar-refractivity contribution is 5.96. The summed E-state index contributed by atoms with van der Waals surface area (Å²) in [5.41, 5.74) is 0.470. The maximum Gasteiger partial charge on any atom is 0.251 e. The van der Waals surface area contributed by atoms with Crippen LogP contribution in [0.3, 0.4) is 0 Å². The van der Waals surface area contributed by atoms with Crippen LogP contribution in [0.15, 0.2) is 54.6 Å². The molecule has 6 nitrogen and oxygen atoms in total. The molecule has 1 unspecified atom stereocenters. The van der Waals surface area contributed by atoms with Crippen molar-refractivity contribution in [1.29, 1.82) is 0 Å². The van der Waals surface area contributed by atoms with E-state index in [1.165, 1.54) is 0 Å². The Kier molecular flexibility index (Phi) is 6.22. The molecule has 2 aromatic rings. The van der Waals surface area contributed by atoms with Gasteiger partial charge in [-0.05, 0) is 49.2 Å². The topological polar surface area (TPSA) is 76.7 Å². The molecule has 0 spiro atoms. The summed E-state index contributed by atoms with van der Waals surface area (Å²) in [5.74, 6) is 0.844. The minimum atomic E-state index is -0.302. The van der Waals surface area contributed by atoms with E-state index in [1.54, 1.807) is 24.3 Å². The molecule has 6 heteroatoms. The van der Waals surface area contributed by atoms with Crippen LogP contribution in [0, 0.1) is 0 Å². The van der Waals surface area contributed by atoms with Crippen LogP contribution in [0.25, 0.3) is 0 Å². The Labute approximate surface area is 152 Å². The summed E-state index contributed by atoms with van der Waals surface area (Å²) < 4.78 is 11.1. The molecule has 26 heavy (non-hydrogen) atoms. The lowest BCUT2D eigenvalue weighted by Crippen LogP contribution is -2.39. The average Bonchev–Trinajstić information content (AvgIpc) is 3.19. The van der Waals surface area contributed by atoms with Gasteiger partial charge in [0.05, 0.1) is 12.6 Å². The summed E-state index contributed by atoms with van der Waals surface area (Å²) in [6.45, 7) is 1.18. The Morgan fingerprint density at radius 3 is 2.42 bits per heavy atom. The molecule has 1 fully saturated rings. The largest absolute Gasteiger partial charge is 0.457 e. The Morgan fingerprint density at radius 1 is 1.00 bits per heavy atom. The van der Waals surface area contributed by atoms with Crippen molar-refractivity contribution in [2.75, 3.05) is 19.7 Å². The fourth-order valence-electron chi connectivity index (χ4n) is 2.66.